The number of rotatable bonds is 4. The van der Waals surface area contributed by atoms with E-state index in [1.165, 1.54) is 6.07 Å². The van der Waals surface area contributed by atoms with Crippen molar-refractivity contribution in [2.24, 2.45) is 0 Å². The van der Waals surface area contributed by atoms with Crippen molar-refractivity contribution < 1.29 is 18.0 Å². The van der Waals surface area contributed by atoms with Gasteiger partial charge in [0, 0.05) is 67.3 Å². The van der Waals surface area contributed by atoms with Crippen LogP contribution in [0.25, 0.3) is 21.8 Å². The lowest BCUT2D eigenvalue weighted by molar-refractivity contribution is -0.137. The summed E-state index contributed by atoms with van der Waals surface area (Å²) in [6.07, 6.45) is -2.49. The van der Waals surface area contributed by atoms with Crippen LogP contribution in [0.15, 0.2) is 59.5 Å². The molecule has 3 heterocycles. The van der Waals surface area contributed by atoms with Crippen molar-refractivity contribution >= 4 is 33.4 Å². The topological polar surface area (TPSA) is 61.3 Å². The Labute approximate surface area is 199 Å². The van der Waals surface area contributed by atoms with Gasteiger partial charge in [-0.05, 0) is 43.3 Å². The maximum Gasteiger partial charge on any atom is 0.416 e. The number of alkyl halides is 3. The molecule has 6 nitrogen and oxygen atoms in total. The molecule has 1 aliphatic rings. The van der Waals surface area contributed by atoms with Crippen LogP contribution in [0.1, 0.15) is 17.5 Å². The lowest BCUT2D eigenvalue weighted by atomic mass is 10.1. The molecule has 0 bridgehead atoms. The molecule has 1 saturated heterocycles. The van der Waals surface area contributed by atoms with Gasteiger partial charge in [-0.15, -0.1) is 0 Å². The maximum atomic E-state index is 13.0. The van der Waals surface area contributed by atoms with Crippen LogP contribution in [0.2, 0.25) is 0 Å². The third kappa shape index (κ3) is 4.50. The predicted molar refractivity (Wildman–Crippen MR) is 130 cm³/mol. The number of aromatic nitrogens is 2. The average Bonchev–Trinajstić information content (AvgIpc) is 3.22. The number of benzene rings is 2. The molecule has 0 radical (unpaired) electrons. The molecule has 1 aliphatic heterocycles. The number of nitrogens with zero attached hydrogens (tertiary/aromatic N) is 3. The van der Waals surface area contributed by atoms with Crippen LogP contribution in [-0.2, 0) is 17.5 Å². The van der Waals surface area contributed by atoms with Gasteiger partial charge < -0.3 is 19.4 Å². The summed E-state index contributed by atoms with van der Waals surface area (Å²) in [7, 11) is 0. The van der Waals surface area contributed by atoms with Crippen LogP contribution >= 0.6 is 0 Å². The Morgan fingerprint density at radius 2 is 1.77 bits per heavy atom. The molecule has 2 aromatic carbocycles. The summed E-state index contributed by atoms with van der Waals surface area (Å²) >= 11 is 0. The summed E-state index contributed by atoms with van der Waals surface area (Å²) in [6.45, 7) is 4.01. The number of hydrogen-bond acceptors (Lipinski definition) is 3. The average molecular weight is 483 g/mol. The van der Waals surface area contributed by atoms with Gasteiger partial charge in [0.05, 0.1) is 5.56 Å². The standard InChI is InChI=1S/C26H25F3N4O2/c1-17-5-6-22-21(15-17)20-7-9-33(25(35)24(20)30-22)10-8-23(34)32-13-11-31(12-14-32)19-4-2-3-18(16-19)26(27,28)29/h2-7,9,15-16,30H,8,10-14H2,1H3. The second kappa shape index (κ2) is 8.79. The molecule has 5 rings (SSSR count). The van der Waals surface area contributed by atoms with E-state index in [0.29, 0.717) is 37.4 Å². The zero-order valence-electron chi connectivity index (χ0n) is 19.2. The number of H-pyrrole nitrogens is 1. The minimum atomic E-state index is -4.39. The molecule has 182 valence electrons. The molecular weight excluding hydrogens is 457 g/mol. The Morgan fingerprint density at radius 1 is 1.00 bits per heavy atom. The Bertz CT molecular complexity index is 1460. The van der Waals surface area contributed by atoms with E-state index in [1.54, 1.807) is 21.7 Å². The quantitative estimate of drug-likeness (QED) is 0.464. The van der Waals surface area contributed by atoms with Crippen molar-refractivity contribution in [3.63, 3.8) is 0 Å². The number of anilines is 1. The second-order valence-electron chi connectivity index (χ2n) is 8.94. The molecule has 0 aliphatic carbocycles. The highest BCUT2D eigenvalue weighted by Crippen LogP contribution is 2.32. The van der Waals surface area contributed by atoms with Crippen LogP contribution in [0.4, 0.5) is 18.9 Å². The van der Waals surface area contributed by atoms with Gasteiger partial charge in [0.15, 0.2) is 0 Å². The maximum absolute atomic E-state index is 13.0. The molecule has 2 aromatic heterocycles. The monoisotopic (exact) mass is 482 g/mol. The van der Waals surface area contributed by atoms with Gasteiger partial charge in [-0.25, -0.2) is 0 Å². The lowest BCUT2D eigenvalue weighted by Gasteiger charge is -2.36. The number of carbonyl (C=O) groups excluding carboxylic acids is 1. The van der Waals surface area contributed by atoms with Gasteiger partial charge >= 0.3 is 6.18 Å². The van der Waals surface area contributed by atoms with Crippen LogP contribution in [0, 0.1) is 6.92 Å². The first-order valence-corrected chi connectivity index (χ1v) is 11.5. The number of halogens is 3. The van der Waals surface area contributed by atoms with Crippen molar-refractivity contribution in [3.8, 4) is 0 Å². The van der Waals surface area contributed by atoms with E-state index in [9.17, 15) is 22.8 Å². The number of nitrogens with one attached hydrogen (secondary N) is 1. The number of aryl methyl sites for hydroxylation is 2. The highest BCUT2D eigenvalue weighted by Gasteiger charge is 2.31. The number of amides is 1. The Morgan fingerprint density at radius 3 is 2.51 bits per heavy atom. The number of aromatic amines is 1. The fourth-order valence-corrected chi connectivity index (χ4v) is 4.69. The van der Waals surface area contributed by atoms with Crippen LogP contribution in [-0.4, -0.2) is 46.5 Å². The van der Waals surface area contributed by atoms with Gasteiger partial charge in [-0.3, -0.25) is 9.59 Å². The summed E-state index contributed by atoms with van der Waals surface area (Å²) in [5.41, 5.74) is 2.19. The zero-order valence-corrected chi connectivity index (χ0v) is 19.2. The number of fused-ring (bicyclic) bond motifs is 3. The normalized spacial score (nSPS) is 14.7. The summed E-state index contributed by atoms with van der Waals surface area (Å²) in [4.78, 5) is 32.5. The second-order valence-corrected chi connectivity index (χ2v) is 8.94. The molecular formula is C26H25F3N4O2. The van der Waals surface area contributed by atoms with E-state index in [2.05, 4.69) is 4.98 Å². The highest BCUT2D eigenvalue weighted by molar-refractivity contribution is 6.07. The molecule has 0 atom stereocenters. The highest BCUT2D eigenvalue weighted by atomic mass is 19.4. The van der Waals surface area contributed by atoms with Gasteiger partial charge in [0.25, 0.3) is 5.56 Å². The van der Waals surface area contributed by atoms with Gasteiger partial charge in [-0.1, -0.05) is 17.7 Å². The van der Waals surface area contributed by atoms with E-state index in [1.807, 2.05) is 36.1 Å². The van der Waals surface area contributed by atoms with E-state index >= 15 is 0 Å². The van der Waals surface area contributed by atoms with Crippen molar-refractivity contribution in [2.75, 3.05) is 31.1 Å². The Kier molecular flexibility index (Phi) is 5.78. The molecule has 1 amide bonds. The number of hydrogen-bond donors (Lipinski definition) is 1. The first kappa shape index (κ1) is 23.0. The molecule has 0 saturated carbocycles. The molecule has 35 heavy (non-hydrogen) atoms. The summed E-state index contributed by atoms with van der Waals surface area (Å²) in [6, 6.07) is 13.1. The summed E-state index contributed by atoms with van der Waals surface area (Å²) < 4.78 is 40.6. The third-order valence-corrected chi connectivity index (χ3v) is 6.63. The summed E-state index contributed by atoms with van der Waals surface area (Å²) in [5, 5.41) is 1.86. The first-order valence-electron chi connectivity index (χ1n) is 11.5. The smallest absolute Gasteiger partial charge is 0.368 e. The zero-order chi connectivity index (χ0) is 24.7. The van der Waals surface area contributed by atoms with Crippen molar-refractivity contribution in [1.29, 1.82) is 0 Å². The molecule has 4 aromatic rings. The molecule has 1 N–H and O–H groups in total. The van der Waals surface area contributed by atoms with E-state index < -0.39 is 11.7 Å². The Hall–Kier alpha value is -3.75. The molecule has 1 fully saturated rings. The number of pyridine rings is 1. The van der Waals surface area contributed by atoms with Crippen molar-refractivity contribution in [3.05, 3.63) is 76.2 Å². The van der Waals surface area contributed by atoms with Gasteiger partial charge in [0.2, 0.25) is 5.91 Å². The third-order valence-electron chi connectivity index (χ3n) is 6.63. The summed E-state index contributed by atoms with van der Waals surface area (Å²) in [5.74, 6) is -0.0760. The molecule has 9 heteroatoms. The van der Waals surface area contributed by atoms with E-state index in [0.717, 1.165) is 34.0 Å². The van der Waals surface area contributed by atoms with Gasteiger partial charge in [0.1, 0.15) is 5.52 Å². The largest absolute Gasteiger partial charge is 0.416 e. The van der Waals surface area contributed by atoms with Crippen molar-refractivity contribution in [2.45, 2.75) is 26.1 Å². The van der Waals surface area contributed by atoms with Crippen molar-refractivity contribution in [1.82, 2.24) is 14.5 Å². The first-order chi connectivity index (χ1) is 16.7. The van der Waals surface area contributed by atoms with E-state index in [-0.39, 0.29) is 24.4 Å². The van der Waals surface area contributed by atoms with Crippen LogP contribution < -0.4 is 10.5 Å². The number of piperazine rings is 1. The van der Waals surface area contributed by atoms with Crippen LogP contribution in [0.3, 0.4) is 0 Å². The Balaban J connectivity index is 1.23. The van der Waals surface area contributed by atoms with Crippen LogP contribution in [0.5, 0.6) is 0 Å². The lowest BCUT2D eigenvalue weighted by Crippen LogP contribution is -2.49. The predicted octanol–water partition coefficient (Wildman–Crippen LogP) is 4.55. The van der Waals surface area contributed by atoms with Gasteiger partial charge in [-0.2, -0.15) is 13.2 Å². The fraction of sp³-hybridized carbons (Fsp3) is 0.308. The minimum absolute atomic E-state index is 0.0760. The number of carbonyl (C=O) groups is 1. The molecule has 0 spiro atoms. The SMILES string of the molecule is Cc1ccc2[nH]c3c(=O)n(CCC(=O)N4CCN(c5cccc(C(F)(F)F)c5)CC4)ccc3c2c1. The molecule has 0 unspecified atom stereocenters. The minimum Gasteiger partial charge on any atom is -0.368 e. The van der Waals surface area contributed by atoms with E-state index in [4.69, 9.17) is 0 Å². The fourth-order valence-electron chi connectivity index (χ4n) is 4.69.